The van der Waals surface area contributed by atoms with Crippen molar-refractivity contribution in [1.82, 2.24) is 9.80 Å². The third-order valence-electron chi connectivity index (χ3n) is 4.08. The fraction of sp³-hybridized carbons (Fsp3) is 0.278. The summed E-state index contributed by atoms with van der Waals surface area (Å²) in [7, 11) is 0. The van der Waals surface area contributed by atoms with E-state index in [1.54, 1.807) is 12.1 Å². The molecule has 0 bridgehead atoms. The van der Waals surface area contributed by atoms with Gasteiger partial charge in [-0.2, -0.15) is 0 Å². The van der Waals surface area contributed by atoms with Crippen molar-refractivity contribution in [3.63, 3.8) is 0 Å². The monoisotopic (exact) mass is 348 g/mol. The predicted octanol–water partition coefficient (Wildman–Crippen LogP) is 3.95. The Kier molecular flexibility index (Phi) is 5.21. The highest BCUT2D eigenvalue weighted by Crippen LogP contribution is 2.19. The average molecular weight is 349 g/mol. The Labute approximate surface area is 146 Å². The lowest BCUT2D eigenvalue weighted by molar-refractivity contribution is 0.0628. The molecule has 0 saturated carbocycles. The van der Waals surface area contributed by atoms with E-state index >= 15 is 0 Å². The Morgan fingerprint density at radius 2 is 1.70 bits per heavy atom. The van der Waals surface area contributed by atoms with Gasteiger partial charge in [0.15, 0.2) is 0 Å². The second-order valence-electron chi connectivity index (χ2n) is 5.67. The maximum absolute atomic E-state index is 12.5. The van der Waals surface area contributed by atoms with Gasteiger partial charge in [0.05, 0.1) is 0 Å². The van der Waals surface area contributed by atoms with E-state index in [4.69, 9.17) is 23.2 Å². The molecule has 1 aliphatic heterocycles. The maximum Gasteiger partial charge on any atom is 0.253 e. The second kappa shape index (κ2) is 7.35. The molecular formula is C18H18Cl2N2O. The molecule has 3 rings (SSSR count). The maximum atomic E-state index is 12.5. The Hall–Kier alpha value is -1.55. The third kappa shape index (κ3) is 4.05. The van der Waals surface area contributed by atoms with E-state index in [9.17, 15) is 4.79 Å². The number of piperazine rings is 1. The van der Waals surface area contributed by atoms with Crippen LogP contribution in [0.1, 0.15) is 15.9 Å². The highest BCUT2D eigenvalue weighted by atomic mass is 35.5. The van der Waals surface area contributed by atoms with Gasteiger partial charge in [-0.3, -0.25) is 9.69 Å². The molecule has 1 fully saturated rings. The molecule has 2 aromatic rings. The number of nitrogens with zero attached hydrogens (tertiary/aromatic N) is 2. The van der Waals surface area contributed by atoms with Crippen molar-refractivity contribution in [2.45, 2.75) is 6.54 Å². The van der Waals surface area contributed by atoms with Crippen molar-refractivity contribution in [1.29, 1.82) is 0 Å². The minimum Gasteiger partial charge on any atom is -0.336 e. The number of amides is 1. The summed E-state index contributed by atoms with van der Waals surface area (Å²) in [6.07, 6.45) is 0. The van der Waals surface area contributed by atoms with Gasteiger partial charge >= 0.3 is 0 Å². The van der Waals surface area contributed by atoms with Crippen molar-refractivity contribution in [3.05, 3.63) is 69.7 Å². The van der Waals surface area contributed by atoms with Gasteiger partial charge in [-0.15, -0.1) is 0 Å². The van der Waals surface area contributed by atoms with Gasteiger partial charge < -0.3 is 4.90 Å². The van der Waals surface area contributed by atoms with E-state index < -0.39 is 0 Å². The molecule has 0 atom stereocenters. The molecule has 120 valence electrons. The van der Waals surface area contributed by atoms with Gasteiger partial charge in [0.2, 0.25) is 0 Å². The molecular weight excluding hydrogens is 331 g/mol. The molecule has 3 nitrogen and oxygen atoms in total. The molecule has 1 saturated heterocycles. The van der Waals surface area contributed by atoms with Gasteiger partial charge in [-0.1, -0.05) is 47.5 Å². The first-order chi connectivity index (χ1) is 11.1. The van der Waals surface area contributed by atoms with Crippen molar-refractivity contribution in [3.8, 4) is 0 Å². The van der Waals surface area contributed by atoms with Gasteiger partial charge in [0.25, 0.3) is 5.91 Å². The van der Waals surface area contributed by atoms with Crippen molar-refractivity contribution in [2.24, 2.45) is 0 Å². The Balaban J connectivity index is 1.58. The number of halogens is 2. The van der Waals surface area contributed by atoms with Crippen molar-refractivity contribution in [2.75, 3.05) is 26.2 Å². The predicted molar refractivity (Wildman–Crippen MR) is 94.1 cm³/mol. The van der Waals surface area contributed by atoms with Crippen LogP contribution in [0.25, 0.3) is 0 Å². The quantitative estimate of drug-likeness (QED) is 0.838. The minimum atomic E-state index is 0.0462. The Morgan fingerprint density at radius 3 is 2.39 bits per heavy atom. The lowest BCUT2D eigenvalue weighted by atomic mass is 10.1. The van der Waals surface area contributed by atoms with Crippen LogP contribution >= 0.6 is 23.2 Å². The van der Waals surface area contributed by atoms with Gasteiger partial charge in [-0.25, -0.2) is 0 Å². The molecule has 2 aromatic carbocycles. The fourth-order valence-corrected chi connectivity index (χ4v) is 3.17. The first-order valence-electron chi connectivity index (χ1n) is 7.64. The average Bonchev–Trinajstić information content (AvgIpc) is 2.57. The van der Waals surface area contributed by atoms with E-state index in [1.807, 2.05) is 41.3 Å². The molecule has 1 aliphatic rings. The van der Waals surface area contributed by atoms with Crippen molar-refractivity contribution < 1.29 is 4.79 Å². The molecule has 0 aliphatic carbocycles. The summed E-state index contributed by atoms with van der Waals surface area (Å²) >= 11 is 12.2. The lowest BCUT2D eigenvalue weighted by Crippen LogP contribution is -2.48. The topological polar surface area (TPSA) is 23.6 Å². The van der Waals surface area contributed by atoms with Crippen LogP contribution in [0.15, 0.2) is 48.5 Å². The summed E-state index contributed by atoms with van der Waals surface area (Å²) in [5, 5.41) is 1.39. The summed E-state index contributed by atoms with van der Waals surface area (Å²) in [6, 6.07) is 15.0. The number of hydrogen-bond acceptors (Lipinski definition) is 2. The number of hydrogen-bond donors (Lipinski definition) is 0. The molecule has 0 spiro atoms. The first-order valence-corrected chi connectivity index (χ1v) is 8.40. The second-order valence-corrected chi connectivity index (χ2v) is 6.51. The van der Waals surface area contributed by atoms with E-state index in [0.29, 0.717) is 10.6 Å². The lowest BCUT2D eigenvalue weighted by Gasteiger charge is -2.35. The van der Waals surface area contributed by atoms with Crippen LogP contribution in [0.5, 0.6) is 0 Å². The highest BCUT2D eigenvalue weighted by Gasteiger charge is 2.22. The van der Waals surface area contributed by atoms with Crippen LogP contribution in [-0.2, 0) is 6.54 Å². The van der Waals surface area contributed by atoms with Crippen molar-refractivity contribution >= 4 is 29.1 Å². The third-order valence-corrected chi connectivity index (χ3v) is 4.69. The van der Waals surface area contributed by atoms with Crippen LogP contribution in [0.4, 0.5) is 0 Å². The smallest absolute Gasteiger partial charge is 0.253 e. The summed E-state index contributed by atoms with van der Waals surface area (Å²) in [6.45, 7) is 3.94. The highest BCUT2D eigenvalue weighted by molar-refractivity contribution is 6.31. The van der Waals surface area contributed by atoms with Crippen LogP contribution in [-0.4, -0.2) is 41.9 Å². The van der Waals surface area contributed by atoms with Crippen LogP contribution in [0, 0.1) is 0 Å². The summed E-state index contributed by atoms with van der Waals surface area (Å²) < 4.78 is 0. The largest absolute Gasteiger partial charge is 0.336 e. The summed E-state index contributed by atoms with van der Waals surface area (Å²) in [5.41, 5.74) is 1.78. The number of carbonyl (C=O) groups is 1. The zero-order valence-electron chi connectivity index (χ0n) is 12.7. The number of carbonyl (C=O) groups excluding carboxylic acids is 1. The zero-order valence-corrected chi connectivity index (χ0v) is 14.2. The summed E-state index contributed by atoms with van der Waals surface area (Å²) in [4.78, 5) is 16.7. The molecule has 1 heterocycles. The molecule has 0 N–H and O–H groups in total. The molecule has 23 heavy (non-hydrogen) atoms. The van der Waals surface area contributed by atoms with Crippen LogP contribution in [0.3, 0.4) is 0 Å². The fourth-order valence-electron chi connectivity index (χ4n) is 2.78. The van der Waals surface area contributed by atoms with Crippen LogP contribution < -0.4 is 0 Å². The zero-order chi connectivity index (χ0) is 16.2. The van der Waals surface area contributed by atoms with E-state index in [0.717, 1.165) is 43.3 Å². The normalized spacial score (nSPS) is 15.7. The van der Waals surface area contributed by atoms with Crippen LogP contribution in [0.2, 0.25) is 10.0 Å². The molecule has 0 aromatic heterocycles. The number of rotatable bonds is 3. The minimum absolute atomic E-state index is 0.0462. The molecule has 5 heteroatoms. The first kappa shape index (κ1) is 16.3. The van der Waals surface area contributed by atoms with E-state index in [2.05, 4.69) is 4.90 Å². The van der Waals surface area contributed by atoms with E-state index in [1.165, 1.54) is 0 Å². The molecule has 0 unspecified atom stereocenters. The Bertz CT molecular complexity index is 697. The van der Waals surface area contributed by atoms with Gasteiger partial charge in [0, 0.05) is 48.3 Å². The molecule has 1 amide bonds. The molecule has 0 radical (unpaired) electrons. The van der Waals surface area contributed by atoms with E-state index in [-0.39, 0.29) is 5.91 Å². The SMILES string of the molecule is O=C(c1cccc(Cl)c1)N1CCN(Cc2ccccc2Cl)CC1. The standard InChI is InChI=1S/C18H18Cl2N2O/c19-16-6-3-5-14(12-16)18(23)22-10-8-21(9-11-22)13-15-4-1-2-7-17(15)20/h1-7,12H,8-11,13H2. The Morgan fingerprint density at radius 1 is 0.957 bits per heavy atom. The van der Waals surface area contributed by atoms with Gasteiger partial charge in [0.1, 0.15) is 0 Å². The summed E-state index contributed by atoms with van der Waals surface area (Å²) in [5.74, 6) is 0.0462. The number of benzene rings is 2. The van der Waals surface area contributed by atoms with Gasteiger partial charge in [-0.05, 0) is 29.8 Å².